The van der Waals surface area contributed by atoms with E-state index in [-0.39, 0.29) is 20.1 Å². The maximum atomic E-state index is 7.84. The zero-order valence-electron chi connectivity index (χ0n) is 36.0. The first-order valence-electron chi connectivity index (χ1n) is 21.0. The van der Waals surface area contributed by atoms with Gasteiger partial charge in [-0.15, -0.1) is 53.1 Å². The fraction of sp³-hybridized carbons (Fsp3) is 0.0741. The molecular formula is C54H42IrN2SSi-2. The number of aromatic nitrogens is 2. The molecule has 0 aliphatic heterocycles. The number of hydrogen-bond donors (Lipinski definition) is 0. The Kier molecular flexibility index (Phi) is 10.6. The SMILES string of the molecule is [2H]C([2H])([2H])c1c[c-]c(-c2ccc([Si](C)(C)C)cn2)cc1-c1ccccc1.[Ir].[c-]1cc2sc3cc(-c4cccc5ccccc45)ccc3c2cc1-c1cc(-c2ccccc2)ccn1. The Bertz CT molecular complexity index is 3160. The molecular weight excluding hydrogens is 929 g/mol. The van der Waals surface area contributed by atoms with Crippen molar-refractivity contribution in [3.63, 3.8) is 0 Å². The molecule has 0 aliphatic rings. The number of nitrogens with zero attached hydrogens (tertiary/aromatic N) is 2. The molecule has 0 amide bonds. The van der Waals surface area contributed by atoms with Gasteiger partial charge < -0.3 is 9.97 Å². The minimum absolute atomic E-state index is 0. The van der Waals surface area contributed by atoms with E-state index >= 15 is 0 Å². The van der Waals surface area contributed by atoms with Crippen molar-refractivity contribution in [1.29, 1.82) is 0 Å². The van der Waals surface area contributed by atoms with Crippen LogP contribution in [0.1, 0.15) is 9.68 Å². The molecule has 10 rings (SSSR count). The van der Waals surface area contributed by atoms with Crippen LogP contribution in [0, 0.1) is 19.0 Å². The summed E-state index contributed by atoms with van der Waals surface area (Å²) in [5, 5.41) is 6.39. The van der Waals surface area contributed by atoms with Gasteiger partial charge in [0.05, 0.1) is 8.07 Å². The molecule has 0 aliphatic carbocycles. The summed E-state index contributed by atoms with van der Waals surface area (Å²) in [6.07, 6.45) is 3.83. The van der Waals surface area contributed by atoms with Crippen LogP contribution in [0.3, 0.4) is 0 Å². The number of aryl methyl sites for hydroxylation is 1. The van der Waals surface area contributed by atoms with E-state index in [2.05, 4.69) is 157 Å². The van der Waals surface area contributed by atoms with E-state index in [1.54, 1.807) is 6.07 Å². The standard InChI is InChI=1S/C33H20NS.C21H22NSi.Ir/c1-2-7-22(8-3-1)24-17-18-34-31(20-24)26-14-16-32-30(19-26)29-15-13-25(21-33(29)35-32)28-12-6-10-23-9-4-5-11-27(23)28;1-16-10-11-18(14-20(16)17-8-6-5-7-9-17)21-13-12-19(15-22-21)23(2,3)4;/h1-13,15-21H;5-10,12-15H,1-4H3;/q2*-1;/i;1D3;. The molecule has 0 fully saturated rings. The first kappa shape index (κ1) is 36.3. The quantitative estimate of drug-likeness (QED) is 0.123. The topological polar surface area (TPSA) is 25.8 Å². The van der Waals surface area contributed by atoms with Crippen LogP contribution in [0.2, 0.25) is 19.6 Å². The minimum atomic E-state index is -2.19. The maximum absolute atomic E-state index is 7.84. The summed E-state index contributed by atoms with van der Waals surface area (Å²) in [7, 11) is -1.40. The first-order valence-corrected chi connectivity index (χ1v) is 23.8. The van der Waals surface area contributed by atoms with Gasteiger partial charge in [-0.3, -0.25) is 0 Å². The van der Waals surface area contributed by atoms with Crippen LogP contribution in [0.15, 0.2) is 182 Å². The van der Waals surface area contributed by atoms with Crippen LogP contribution in [0.25, 0.3) is 86.8 Å². The molecule has 0 saturated heterocycles. The van der Waals surface area contributed by atoms with Crippen molar-refractivity contribution in [2.45, 2.75) is 26.5 Å². The Morgan fingerprint density at radius 1 is 0.525 bits per heavy atom. The van der Waals surface area contributed by atoms with Gasteiger partial charge in [0.2, 0.25) is 0 Å². The molecule has 3 aromatic heterocycles. The largest absolute Gasteiger partial charge is 0.305 e. The predicted octanol–water partition coefficient (Wildman–Crippen LogP) is 14.5. The molecule has 289 valence electrons. The fourth-order valence-corrected chi connectivity index (χ4v) is 9.54. The molecule has 0 atom stereocenters. The Balaban J connectivity index is 0.000000176. The van der Waals surface area contributed by atoms with Gasteiger partial charge in [-0.25, -0.2) is 0 Å². The molecule has 5 heteroatoms. The van der Waals surface area contributed by atoms with Crippen LogP contribution in [0.4, 0.5) is 0 Å². The Morgan fingerprint density at radius 2 is 1.25 bits per heavy atom. The minimum Gasteiger partial charge on any atom is -0.305 e. The molecule has 2 nitrogen and oxygen atoms in total. The molecule has 7 aromatic carbocycles. The van der Waals surface area contributed by atoms with Crippen molar-refractivity contribution in [3.8, 4) is 55.9 Å². The van der Waals surface area contributed by atoms with Crippen molar-refractivity contribution < 1.29 is 24.2 Å². The monoisotopic (exact) mass is 974 g/mol. The number of fused-ring (bicyclic) bond motifs is 4. The Morgan fingerprint density at radius 3 is 2.02 bits per heavy atom. The molecule has 10 aromatic rings. The normalized spacial score (nSPS) is 12.2. The average molecular weight is 974 g/mol. The zero-order chi connectivity index (χ0) is 42.1. The second-order valence-corrected chi connectivity index (χ2v) is 21.6. The van der Waals surface area contributed by atoms with Crippen LogP contribution < -0.4 is 5.19 Å². The number of thiophene rings is 1. The average Bonchev–Trinajstić information content (AvgIpc) is 3.66. The summed E-state index contributed by atoms with van der Waals surface area (Å²) in [5.74, 6) is 0. The van der Waals surface area contributed by atoms with Gasteiger partial charge in [0.1, 0.15) is 0 Å². The van der Waals surface area contributed by atoms with Crippen molar-refractivity contribution in [2.75, 3.05) is 0 Å². The molecule has 59 heavy (non-hydrogen) atoms. The summed E-state index contributed by atoms with van der Waals surface area (Å²) in [6, 6.07) is 64.8. The maximum Gasteiger partial charge on any atom is 0.0795 e. The summed E-state index contributed by atoms with van der Waals surface area (Å²) in [5.41, 5.74) is 10.4. The summed E-state index contributed by atoms with van der Waals surface area (Å²) in [6.45, 7) is 4.67. The molecule has 0 N–H and O–H groups in total. The van der Waals surface area contributed by atoms with Gasteiger partial charge in [-0.05, 0) is 77.4 Å². The van der Waals surface area contributed by atoms with Gasteiger partial charge in [-0.2, -0.15) is 11.3 Å². The Hall–Kier alpha value is -5.81. The van der Waals surface area contributed by atoms with Crippen LogP contribution in [0.5, 0.6) is 0 Å². The predicted molar refractivity (Wildman–Crippen MR) is 251 cm³/mol. The van der Waals surface area contributed by atoms with E-state index in [0.717, 1.165) is 28.1 Å². The summed E-state index contributed by atoms with van der Waals surface area (Å²) in [4.78, 5) is 9.27. The number of benzene rings is 7. The molecule has 0 spiro atoms. The van der Waals surface area contributed by atoms with Gasteiger partial charge in [0.15, 0.2) is 0 Å². The second kappa shape index (κ2) is 17.2. The van der Waals surface area contributed by atoms with E-state index in [1.807, 2.05) is 72.3 Å². The number of rotatable bonds is 6. The molecule has 0 unspecified atom stereocenters. The van der Waals surface area contributed by atoms with Crippen molar-refractivity contribution in [1.82, 2.24) is 9.97 Å². The summed E-state index contributed by atoms with van der Waals surface area (Å²) < 4.78 is 26.1. The van der Waals surface area contributed by atoms with E-state index < -0.39 is 14.9 Å². The molecule has 0 saturated carbocycles. The van der Waals surface area contributed by atoms with E-state index in [0.29, 0.717) is 11.1 Å². The fourth-order valence-electron chi connectivity index (χ4n) is 7.39. The van der Waals surface area contributed by atoms with E-state index in [4.69, 9.17) is 4.11 Å². The van der Waals surface area contributed by atoms with Gasteiger partial charge in [-0.1, -0.05) is 171 Å². The molecule has 0 bridgehead atoms. The van der Waals surface area contributed by atoms with Crippen molar-refractivity contribution in [3.05, 3.63) is 200 Å². The third-order valence-electron chi connectivity index (χ3n) is 10.6. The van der Waals surface area contributed by atoms with Gasteiger partial charge in [0, 0.05) is 41.3 Å². The molecule has 3 heterocycles. The van der Waals surface area contributed by atoms with Gasteiger partial charge >= 0.3 is 0 Å². The third-order valence-corrected chi connectivity index (χ3v) is 13.7. The van der Waals surface area contributed by atoms with Crippen LogP contribution >= 0.6 is 11.3 Å². The Labute approximate surface area is 369 Å². The smallest absolute Gasteiger partial charge is 0.0795 e. The van der Waals surface area contributed by atoms with E-state index in [9.17, 15) is 0 Å². The van der Waals surface area contributed by atoms with Crippen molar-refractivity contribution >= 4 is 55.5 Å². The number of pyridine rings is 2. The zero-order valence-corrected chi connectivity index (χ0v) is 37.2. The van der Waals surface area contributed by atoms with Crippen molar-refractivity contribution in [2.24, 2.45) is 0 Å². The van der Waals surface area contributed by atoms with Crippen LogP contribution in [-0.4, -0.2) is 18.0 Å². The third kappa shape index (κ3) is 8.52. The van der Waals surface area contributed by atoms with E-state index in [1.165, 1.54) is 58.4 Å². The number of hydrogen-bond acceptors (Lipinski definition) is 3. The van der Waals surface area contributed by atoms with Gasteiger partial charge in [0.25, 0.3) is 0 Å². The van der Waals surface area contributed by atoms with Crippen LogP contribution in [-0.2, 0) is 20.1 Å². The first-order chi connectivity index (χ1) is 29.5. The molecule has 1 radical (unpaired) electrons. The summed E-state index contributed by atoms with van der Waals surface area (Å²) >= 11 is 1.83. The second-order valence-electron chi connectivity index (χ2n) is 15.5.